The molecule has 1 aromatic rings. The van der Waals surface area contributed by atoms with Crippen LogP contribution >= 0.6 is 0 Å². The number of hydrogen-bond donors (Lipinski definition) is 0. The summed E-state index contributed by atoms with van der Waals surface area (Å²) in [5.74, 6) is 0.937. The van der Waals surface area contributed by atoms with Crippen LogP contribution < -0.4 is 4.74 Å². The van der Waals surface area contributed by atoms with Crippen LogP contribution in [0.3, 0.4) is 0 Å². The molecule has 2 saturated heterocycles. The van der Waals surface area contributed by atoms with Gasteiger partial charge in [0.15, 0.2) is 0 Å². The number of likely N-dealkylation sites (tertiary alicyclic amines) is 2. The van der Waals surface area contributed by atoms with Crippen molar-refractivity contribution >= 4 is 5.91 Å². The van der Waals surface area contributed by atoms with E-state index in [2.05, 4.69) is 16.8 Å². The Hall–Kier alpha value is -1.55. The summed E-state index contributed by atoms with van der Waals surface area (Å²) < 4.78 is 5.52. The molecule has 2 fully saturated rings. The number of rotatable bonds is 4. The lowest BCUT2D eigenvalue weighted by Crippen LogP contribution is -2.47. The van der Waals surface area contributed by atoms with Crippen molar-refractivity contribution in [3.05, 3.63) is 29.8 Å². The normalized spacial score (nSPS) is 25.6. The number of ether oxygens (including phenoxy) is 1. The molecular formula is C18H26N2O2. The Labute approximate surface area is 133 Å². The standard InChI is InChI=1S/C18H26N2O2/c1-3-22-15-8-4-7-14(13-15)18(21)20-12-6-10-17(20)16-9-5-11-19(16)2/h4,7-8,13,16-17H,3,5-6,9-12H2,1-2H3/t16-,17-/m0/s1. The molecule has 0 radical (unpaired) electrons. The minimum atomic E-state index is 0.157. The number of nitrogens with zero attached hydrogens (tertiary/aromatic N) is 2. The lowest BCUT2D eigenvalue weighted by molar-refractivity contribution is 0.0664. The zero-order chi connectivity index (χ0) is 15.5. The quantitative estimate of drug-likeness (QED) is 0.857. The van der Waals surface area contributed by atoms with E-state index < -0.39 is 0 Å². The Bertz CT molecular complexity index is 532. The predicted octanol–water partition coefficient (Wildman–Crippen LogP) is 2.78. The van der Waals surface area contributed by atoms with E-state index in [1.165, 1.54) is 12.8 Å². The summed E-state index contributed by atoms with van der Waals surface area (Å²) in [5.41, 5.74) is 0.749. The molecule has 2 heterocycles. The van der Waals surface area contributed by atoms with Gasteiger partial charge in [-0.3, -0.25) is 4.79 Å². The molecule has 0 bridgehead atoms. The number of carbonyl (C=O) groups is 1. The van der Waals surface area contributed by atoms with E-state index in [-0.39, 0.29) is 5.91 Å². The maximum Gasteiger partial charge on any atom is 0.254 e. The summed E-state index contributed by atoms with van der Waals surface area (Å²) in [6.07, 6.45) is 4.71. The van der Waals surface area contributed by atoms with E-state index >= 15 is 0 Å². The number of benzene rings is 1. The molecule has 0 aromatic heterocycles. The van der Waals surface area contributed by atoms with Gasteiger partial charge >= 0.3 is 0 Å². The molecule has 0 aliphatic carbocycles. The van der Waals surface area contributed by atoms with Crippen LogP contribution in [0.4, 0.5) is 0 Å². The Kier molecular flexibility index (Phi) is 4.67. The monoisotopic (exact) mass is 302 g/mol. The first kappa shape index (κ1) is 15.3. The minimum absolute atomic E-state index is 0.157. The highest BCUT2D eigenvalue weighted by Crippen LogP contribution is 2.30. The van der Waals surface area contributed by atoms with Gasteiger partial charge in [-0.1, -0.05) is 6.07 Å². The van der Waals surface area contributed by atoms with Gasteiger partial charge in [0.25, 0.3) is 5.91 Å². The molecule has 1 amide bonds. The molecule has 2 atom stereocenters. The van der Waals surface area contributed by atoms with Crippen molar-refractivity contribution in [3.63, 3.8) is 0 Å². The summed E-state index contributed by atoms with van der Waals surface area (Å²) in [7, 11) is 2.19. The highest BCUT2D eigenvalue weighted by molar-refractivity contribution is 5.95. The van der Waals surface area contributed by atoms with Gasteiger partial charge in [0, 0.05) is 24.2 Å². The van der Waals surface area contributed by atoms with Crippen LogP contribution in [-0.2, 0) is 0 Å². The SMILES string of the molecule is CCOc1cccc(C(=O)N2CCC[C@H]2[C@@H]2CCCN2C)c1. The average molecular weight is 302 g/mol. The molecule has 2 aliphatic heterocycles. The summed E-state index contributed by atoms with van der Waals surface area (Å²) >= 11 is 0. The number of likely N-dealkylation sites (N-methyl/N-ethyl adjacent to an activating group) is 1. The molecule has 4 nitrogen and oxygen atoms in total. The molecule has 0 spiro atoms. The summed E-state index contributed by atoms with van der Waals surface area (Å²) in [5, 5.41) is 0. The first-order valence-corrected chi connectivity index (χ1v) is 8.44. The van der Waals surface area contributed by atoms with E-state index in [4.69, 9.17) is 4.74 Å². The van der Waals surface area contributed by atoms with Gasteiger partial charge in [-0.15, -0.1) is 0 Å². The van der Waals surface area contributed by atoms with Crippen molar-refractivity contribution in [1.29, 1.82) is 0 Å². The topological polar surface area (TPSA) is 32.8 Å². The van der Waals surface area contributed by atoms with Gasteiger partial charge in [0.2, 0.25) is 0 Å². The Balaban J connectivity index is 1.77. The summed E-state index contributed by atoms with van der Waals surface area (Å²) in [4.78, 5) is 17.4. The van der Waals surface area contributed by atoms with Crippen LogP contribution in [-0.4, -0.2) is 54.5 Å². The zero-order valence-corrected chi connectivity index (χ0v) is 13.6. The Morgan fingerprint density at radius 1 is 1.23 bits per heavy atom. The van der Waals surface area contributed by atoms with E-state index in [9.17, 15) is 4.79 Å². The third-order valence-corrected chi connectivity index (χ3v) is 4.97. The highest BCUT2D eigenvalue weighted by atomic mass is 16.5. The fraction of sp³-hybridized carbons (Fsp3) is 0.611. The van der Waals surface area contributed by atoms with Crippen molar-refractivity contribution in [2.24, 2.45) is 0 Å². The number of hydrogen-bond acceptors (Lipinski definition) is 3. The van der Waals surface area contributed by atoms with Crippen LogP contribution in [0.5, 0.6) is 5.75 Å². The molecule has 120 valence electrons. The maximum atomic E-state index is 12.9. The lowest BCUT2D eigenvalue weighted by Gasteiger charge is -2.33. The van der Waals surface area contributed by atoms with Gasteiger partial charge in [-0.2, -0.15) is 0 Å². The van der Waals surface area contributed by atoms with Crippen LogP contribution in [0.2, 0.25) is 0 Å². The van der Waals surface area contributed by atoms with Gasteiger partial charge in [-0.05, 0) is 64.4 Å². The first-order chi connectivity index (χ1) is 10.7. The molecule has 2 aliphatic rings. The van der Waals surface area contributed by atoms with Crippen LogP contribution in [0.1, 0.15) is 43.0 Å². The van der Waals surface area contributed by atoms with Crippen LogP contribution in [0.25, 0.3) is 0 Å². The number of amides is 1. The fourth-order valence-electron chi connectivity index (χ4n) is 3.92. The van der Waals surface area contributed by atoms with Crippen molar-refractivity contribution in [2.45, 2.75) is 44.7 Å². The smallest absolute Gasteiger partial charge is 0.254 e. The van der Waals surface area contributed by atoms with Gasteiger partial charge < -0.3 is 14.5 Å². The molecule has 1 aromatic carbocycles. The van der Waals surface area contributed by atoms with E-state index in [1.807, 2.05) is 31.2 Å². The average Bonchev–Trinajstić information content (AvgIpc) is 3.15. The summed E-state index contributed by atoms with van der Waals surface area (Å²) in [6, 6.07) is 8.49. The van der Waals surface area contributed by atoms with E-state index in [0.717, 1.165) is 37.2 Å². The van der Waals surface area contributed by atoms with E-state index in [0.29, 0.717) is 18.7 Å². The molecule has 22 heavy (non-hydrogen) atoms. The third-order valence-electron chi connectivity index (χ3n) is 4.97. The van der Waals surface area contributed by atoms with Crippen LogP contribution in [0.15, 0.2) is 24.3 Å². The first-order valence-electron chi connectivity index (χ1n) is 8.44. The fourth-order valence-corrected chi connectivity index (χ4v) is 3.92. The van der Waals surface area contributed by atoms with Crippen molar-refractivity contribution < 1.29 is 9.53 Å². The minimum Gasteiger partial charge on any atom is -0.494 e. The predicted molar refractivity (Wildman–Crippen MR) is 87.3 cm³/mol. The molecule has 0 saturated carbocycles. The van der Waals surface area contributed by atoms with Crippen molar-refractivity contribution in [1.82, 2.24) is 9.80 Å². The molecule has 3 rings (SSSR count). The highest BCUT2D eigenvalue weighted by Gasteiger charge is 2.38. The Morgan fingerprint density at radius 2 is 2.00 bits per heavy atom. The zero-order valence-electron chi connectivity index (χ0n) is 13.6. The third kappa shape index (κ3) is 2.98. The second-order valence-electron chi connectivity index (χ2n) is 6.36. The second kappa shape index (κ2) is 6.69. The molecule has 4 heteroatoms. The van der Waals surface area contributed by atoms with Gasteiger partial charge in [-0.25, -0.2) is 0 Å². The maximum absolute atomic E-state index is 12.9. The van der Waals surface area contributed by atoms with Crippen LogP contribution in [0, 0.1) is 0 Å². The lowest BCUT2D eigenvalue weighted by atomic mass is 10.0. The summed E-state index contributed by atoms with van der Waals surface area (Å²) in [6.45, 7) is 4.62. The number of carbonyl (C=O) groups excluding carboxylic acids is 1. The van der Waals surface area contributed by atoms with E-state index in [1.54, 1.807) is 0 Å². The molecular weight excluding hydrogens is 276 g/mol. The van der Waals surface area contributed by atoms with Gasteiger partial charge in [0.05, 0.1) is 6.61 Å². The largest absolute Gasteiger partial charge is 0.494 e. The van der Waals surface area contributed by atoms with Crippen molar-refractivity contribution in [2.75, 3.05) is 26.7 Å². The Morgan fingerprint density at radius 3 is 2.73 bits per heavy atom. The van der Waals surface area contributed by atoms with Crippen molar-refractivity contribution in [3.8, 4) is 5.75 Å². The molecule has 0 N–H and O–H groups in total. The van der Waals surface area contributed by atoms with Gasteiger partial charge in [0.1, 0.15) is 5.75 Å². The second-order valence-corrected chi connectivity index (χ2v) is 6.36. The molecule has 0 unspecified atom stereocenters.